The molecule has 2 aromatic rings. The SMILES string of the molecule is COc1nc(N)c2c(n1)CCN(c1ccc(OC(F)(F)F)cc1)C2=O. The Morgan fingerprint density at radius 2 is 1.88 bits per heavy atom. The summed E-state index contributed by atoms with van der Waals surface area (Å²) < 4.78 is 45.4. The minimum Gasteiger partial charge on any atom is -0.467 e. The minimum atomic E-state index is -4.77. The van der Waals surface area contributed by atoms with Crippen LogP contribution >= 0.6 is 0 Å². The van der Waals surface area contributed by atoms with Gasteiger partial charge >= 0.3 is 12.4 Å². The van der Waals surface area contributed by atoms with Gasteiger partial charge < -0.3 is 20.1 Å². The fourth-order valence-corrected chi connectivity index (χ4v) is 2.54. The third kappa shape index (κ3) is 3.42. The number of hydrogen-bond acceptors (Lipinski definition) is 6. The highest BCUT2D eigenvalue weighted by Crippen LogP contribution is 2.30. The van der Waals surface area contributed by atoms with E-state index in [1.807, 2.05) is 0 Å². The summed E-state index contributed by atoms with van der Waals surface area (Å²) in [4.78, 5) is 22.1. The summed E-state index contributed by atoms with van der Waals surface area (Å²) in [6.45, 7) is 0.297. The van der Waals surface area contributed by atoms with Crippen LogP contribution in [0.25, 0.3) is 0 Å². The third-order valence-electron chi connectivity index (χ3n) is 3.59. The number of hydrogen-bond donors (Lipinski definition) is 1. The van der Waals surface area contributed by atoms with Crippen LogP contribution in [0.5, 0.6) is 11.8 Å². The highest BCUT2D eigenvalue weighted by molar-refractivity contribution is 6.10. The molecule has 1 amide bonds. The van der Waals surface area contributed by atoms with Gasteiger partial charge in [0.25, 0.3) is 5.91 Å². The molecule has 0 radical (unpaired) electrons. The van der Waals surface area contributed by atoms with Crippen LogP contribution in [0.2, 0.25) is 0 Å². The lowest BCUT2D eigenvalue weighted by molar-refractivity contribution is -0.274. The van der Waals surface area contributed by atoms with Crippen molar-refractivity contribution in [3.05, 3.63) is 35.5 Å². The average Bonchev–Trinajstić information content (AvgIpc) is 2.54. The number of amides is 1. The van der Waals surface area contributed by atoms with E-state index in [1.165, 1.54) is 24.1 Å². The van der Waals surface area contributed by atoms with Crippen molar-refractivity contribution in [1.29, 1.82) is 0 Å². The fourth-order valence-electron chi connectivity index (χ4n) is 2.54. The number of benzene rings is 1. The first-order valence-electron chi connectivity index (χ1n) is 7.16. The van der Waals surface area contributed by atoms with Crippen molar-refractivity contribution in [3.63, 3.8) is 0 Å². The quantitative estimate of drug-likeness (QED) is 0.908. The normalized spacial score (nSPS) is 14.2. The number of nitrogen functional groups attached to an aromatic ring is 1. The molecule has 0 fully saturated rings. The Balaban J connectivity index is 1.87. The molecule has 132 valence electrons. The molecule has 3 rings (SSSR count). The first-order chi connectivity index (χ1) is 11.8. The van der Waals surface area contributed by atoms with Gasteiger partial charge in [0, 0.05) is 18.7 Å². The van der Waals surface area contributed by atoms with E-state index in [-0.39, 0.29) is 23.1 Å². The second-order valence-corrected chi connectivity index (χ2v) is 5.17. The highest BCUT2D eigenvalue weighted by Gasteiger charge is 2.32. The standard InChI is InChI=1S/C15H13F3N4O3/c1-24-14-20-10-6-7-22(13(23)11(10)12(19)21-14)8-2-4-9(5-3-8)25-15(16,17)18/h2-5H,6-7H2,1H3,(H2,19,20,21). The molecule has 1 aliphatic heterocycles. The molecule has 1 aromatic heterocycles. The maximum absolute atomic E-state index is 12.7. The number of carbonyl (C=O) groups is 1. The Bertz CT molecular complexity index is 809. The van der Waals surface area contributed by atoms with Crippen LogP contribution in [-0.2, 0) is 6.42 Å². The van der Waals surface area contributed by atoms with Gasteiger partial charge in [-0.3, -0.25) is 4.79 Å². The Labute approximate surface area is 140 Å². The number of fused-ring (bicyclic) bond motifs is 1. The highest BCUT2D eigenvalue weighted by atomic mass is 19.4. The molecular weight excluding hydrogens is 341 g/mol. The van der Waals surface area contributed by atoms with Crippen molar-refractivity contribution in [2.24, 2.45) is 0 Å². The van der Waals surface area contributed by atoms with E-state index < -0.39 is 12.3 Å². The summed E-state index contributed by atoms with van der Waals surface area (Å²) in [7, 11) is 1.39. The van der Waals surface area contributed by atoms with Gasteiger partial charge in [0.2, 0.25) is 0 Å². The summed E-state index contributed by atoms with van der Waals surface area (Å²) in [6.07, 6.45) is -4.36. The number of nitrogens with two attached hydrogens (primary N) is 1. The van der Waals surface area contributed by atoms with E-state index in [2.05, 4.69) is 14.7 Å². The van der Waals surface area contributed by atoms with Crippen LogP contribution in [0.4, 0.5) is 24.7 Å². The average molecular weight is 354 g/mol. The van der Waals surface area contributed by atoms with Gasteiger partial charge in [-0.05, 0) is 24.3 Å². The number of anilines is 2. The second kappa shape index (κ2) is 6.11. The molecule has 0 saturated carbocycles. The molecule has 0 spiro atoms. The molecule has 0 atom stereocenters. The zero-order chi connectivity index (χ0) is 18.2. The smallest absolute Gasteiger partial charge is 0.467 e. The van der Waals surface area contributed by atoms with Crippen LogP contribution in [-0.4, -0.2) is 35.9 Å². The molecule has 0 unspecified atom stereocenters. The molecule has 0 aliphatic carbocycles. The zero-order valence-corrected chi connectivity index (χ0v) is 13.0. The molecule has 7 nitrogen and oxygen atoms in total. The molecular formula is C15H13F3N4O3. The van der Waals surface area contributed by atoms with Crippen LogP contribution in [0.3, 0.4) is 0 Å². The minimum absolute atomic E-state index is 0.00595. The summed E-state index contributed by atoms with van der Waals surface area (Å²) in [5.41, 5.74) is 6.88. The molecule has 10 heteroatoms. The lowest BCUT2D eigenvalue weighted by Gasteiger charge is -2.28. The fraction of sp³-hybridized carbons (Fsp3) is 0.267. The van der Waals surface area contributed by atoms with Gasteiger partial charge in [-0.25, -0.2) is 0 Å². The number of ether oxygens (including phenoxy) is 2. The van der Waals surface area contributed by atoms with Crippen molar-refractivity contribution in [2.45, 2.75) is 12.8 Å². The molecule has 2 N–H and O–H groups in total. The second-order valence-electron chi connectivity index (χ2n) is 5.17. The first kappa shape index (κ1) is 16.8. The predicted octanol–water partition coefficient (Wildman–Crippen LogP) is 2.17. The number of aromatic nitrogens is 2. The topological polar surface area (TPSA) is 90.6 Å². The lowest BCUT2D eigenvalue weighted by Crippen LogP contribution is -2.39. The summed E-state index contributed by atoms with van der Waals surface area (Å²) >= 11 is 0. The van der Waals surface area contributed by atoms with Crippen LogP contribution < -0.4 is 20.1 Å². The van der Waals surface area contributed by atoms with E-state index in [9.17, 15) is 18.0 Å². The van der Waals surface area contributed by atoms with Crippen LogP contribution in [0.15, 0.2) is 24.3 Å². The number of alkyl halides is 3. The van der Waals surface area contributed by atoms with Crippen molar-refractivity contribution in [3.8, 4) is 11.8 Å². The third-order valence-corrected chi connectivity index (χ3v) is 3.59. The lowest BCUT2D eigenvalue weighted by atomic mass is 10.0. The van der Waals surface area contributed by atoms with Gasteiger partial charge in [-0.2, -0.15) is 9.97 Å². The molecule has 1 aromatic carbocycles. The van der Waals surface area contributed by atoms with Crippen molar-refractivity contribution < 1.29 is 27.4 Å². The number of nitrogens with zero attached hydrogens (tertiary/aromatic N) is 3. The molecule has 0 saturated heterocycles. The zero-order valence-electron chi connectivity index (χ0n) is 13.0. The van der Waals surface area contributed by atoms with E-state index in [1.54, 1.807) is 0 Å². The number of rotatable bonds is 3. The molecule has 0 bridgehead atoms. The monoisotopic (exact) mass is 354 g/mol. The van der Waals surface area contributed by atoms with Gasteiger partial charge in [-0.15, -0.1) is 13.2 Å². The largest absolute Gasteiger partial charge is 0.573 e. The van der Waals surface area contributed by atoms with Crippen molar-refractivity contribution in [2.75, 3.05) is 24.3 Å². The maximum Gasteiger partial charge on any atom is 0.573 e. The number of methoxy groups -OCH3 is 1. The van der Waals surface area contributed by atoms with Crippen molar-refractivity contribution >= 4 is 17.4 Å². The number of carbonyl (C=O) groups excluding carboxylic acids is 1. The Morgan fingerprint density at radius 1 is 1.20 bits per heavy atom. The van der Waals surface area contributed by atoms with Gasteiger partial charge in [0.15, 0.2) is 0 Å². The molecule has 25 heavy (non-hydrogen) atoms. The first-order valence-corrected chi connectivity index (χ1v) is 7.16. The van der Waals surface area contributed by atoms with E-state index >= 15 is 0 Å². The van der Waals surface area contributed by atoms with E-state index in [0.717, 1.165) is 12.1 Å². The molecule has 2 heterocycles. The van der Waals surface area contributed by atoms with Gasteiger partial charge in [0.1, 0.15) is 17.1 Å². The van der Waals surface area contributed by atoms with Crippen LogP contribution in [0, 0.1) is 0 Å². The maximum atomic E-state index is 12.7. The Morgan fingerprint density at radius 3 is 2.48 bits per heavy atom. The van der Waals surface area contributed by atoms with E-state index in [0.29, 0.717) is 24.3 Å². The van der Waals surface area contributed by atoms with Gasteiger partial charge in [0.05, 0.1) is 12.8 Å². The summed E-state index contributed by atoms with van der Waals surface area (Å²) in [5.74, 6) is -0.798. The Kier molecular flexibility index (Phi) is 4.11. The molecule has 1 aliphatic rings. The number of halogens is 3. The van der Waals surface area contributed by atoms with E-state index in [4.69, 9.17) is 10.5 Å². The van der Waals surface area contributed by atoms with Gasteiger partial charge in [-0.1, -0.05) is 0 Å². The van der Waals surface area contributed by atoms with Crippen LogP contribution in [0.1, 0.15) is 16.1 Å². The van der Waals surface area contributed by atoms with Crippen molar-refractivity contribution in [1.82, 2.24) is 9.97 Å². The Hall–Kier alpha value is -3.04. The summed E-state index contributed by atoms with van der Waals surface area (Å²) in [5, 5.41) is 0. The summed E-state index contributed by atoms with van der Waals surface area (Å²) in [6, 6.07) is 5.08. The predicted molar refractivity (Wildman–Crippen MR) is 81.5 cm³/mol.